The van der Waals surface area contributed by atoms with E-state index in [-0.39, 0.29) is 17.9 Å². The van der Waals surface area contributed by atoms with E-state index >= 15 is 0 Å². The number of carbonyl (C=O) groups excluding carboxylic acids is 2. The van der Waals surface area contributed by atoms with Gasteiger partial charge in [0.15, 0.2) is 0 Å². The molecule has 1 rings (SSSR count). The minimum atomic E-state index is -0.245. The van der Waals surface area contributed by atoms with Gasteiger partial charge in [-0.05, 0) is 38.2 Å². The highest BCUT2D eigenvalue weighted by molar-refractivity contribution is 5.95. The Bertz CT molecular complexity index is 401. The first-order valence-corrected chi connectivity index (χ1v) is 5.38. The first-order chi connectivity index (χ1) is 8.02. The third-order valence-corrected chi connectivity index (χ3v) is 2.30. The Balaban J connectivity index is 2.62. The molecule has 0 bridgehead atoms. The Morgan fingerprint density at radius 1 is 1.06 bits per heavy atom. The maximum atomic E-state index is 11.6. The number of hydrogen-bond acceptors (Lipinski definition) is 3. The summed E-state index contributed by atoms with van der Waals surface area (Å²) in [6, 6.07) is 6.71. The fourth-order valence-corrected chi connectivity index (χ4v) is 1.22. The van der Waals surface area contributed by atoms with Gasteiger partial charge in [0, 0.05) is 18.3 Å². The van der Waals surface area contributed by atoms with E-state index in [1.54, 1.807) is 38.2 Å². The third kappa shape index (κ3) is 4.24. The molecule has 1 unspecified atom stereocenters. The van der Waals surface area contributed by atoms with E-state index in [9.17, 15) is 9.59 Å². The Morgan fingerprint density at radius 3 is 1.94 bits per heavy atom. The molecule has 5 nitrogen and oxygen atoms in total. The predicted molar refractivity (Wildman–Crippen MR) is 67.9 cm³/mol. The van der Waals surface area contributed by atoms with Gasteiger partial charge in [-0.3, -0.25) is 9.59 Å². The topological polar surface area (TPSA) is 70.2 Å². The summed E-state index contributed by atoms with van der Waals surface area (Å²) in [5.41, 5.74) is 1.41. The fraction of sp³-hybridized carbons (Fsp3) is 0.333. The standard InChI is InChI=1S/C12H17N3O2/c1-8(13-3)12(17)15-11-6-4-10(5-7-11)14-9(2)16/h4-8,13H,1-3H3,(H,14,16)(H,15,17). The molecule has 0 saturated carbocycles. The van der Waals surface area contributed by atoms with E-state index in [1.165, 1.54) is 6.92 Å². The van der Waals surface area contributed by atoms with Crippen molar-refractivity contribution < 1.29 is 9.59 Å². The quantitative estimate of drug-likeness (QED) is 0.734. The van der Waals surface area contributed by atoms with E-state index in [2.05, 4.69) is 16.0 Å². The van der Waals surface area contributed by atoms with Crippen LogP contribution >= 0.6 is 0 Å². The van der Waals surface area contributed by atoms with Crippen LogP contribution in [-0.4, -0.2) is 24.9 Å². The summed E-state index contributed by atoms with van der Waals surface area (Å²) in [6.07, 6.45) is 0. The molecule has 1 atom stereocenters. The molecule has 0 spiro atoms. The summed E-state index contributed by atoms with van der Waals surface area (Å²) in [6.45, 7) is 3.23. The van der Waals surface area contributed by atoms with Gasteiger partial charge >= 0.3 is 0 Å². The summed E-state index contributed by atoms with van der Waals surface area (Å²) in [5, 5.41) is 8.27. The molecule has 0 radical (unpaired) electrons. The van der Waals surface area contributed by atoms with Gasteiger partial charge in [0.25, 0.3) is 0 Å². The number of likely N-dealkylation sites (N-methyl/N-ethyl adjacent to an activating group) is 1. The molecule has 0 aromatic heterocycles. The van der Waals surface area contributed by atoms with Crippen LogP contribution in [0.2, 0.25) is 0 Å². The molecule has 1 aromatic carbocycles. The second-order valence-electron chi connectivity index (χ2n) is 3.76. The van der Waals surface area contributed by atoms with Gasteiger partial charge in [-0.1, -0.05) is 0 Å². The Morgan fingerprint density at radius 2 is 1.53 bits per heavy atom. The first kappa shape index (κ1) is 13.2. The summed E-state index contributed by atoms with van der Waals surface area (Å²) < 4.78 is 0. The third-order valence-electron chi connectivity index (χ3n) is 2.30. The summed E-state index contributed by atoms with van der Waals surface area (Å²) in [4.78, 5) is 22.4. The van der Waals surface area contributed by atoms with Crippen molar-refractivity contribution in [2.75, 3.05) is 17.7 Å². The molecule has 0 aliphatic rings. The number of anilines is 2. The van der Waals surface area contributed by atoms with E-state index in [4.69, 9.17) is 0 Å². The lowest BCUT2D eigenvalue weighted by Crippen LogP contribution is -2.35. The molecule has 0 aliphatic carbocycles. The molecule has 0 aliphatic heterocycles. The number of hydrogen-bond donors (Lipinski definition) is 3. The van der Waals surface area contributed by atoms with Gasteiger partial charge in [-0.15, -0.1) is 0 Å². The predicted octanol–water partition coefficient (Wildman–Crippen LogP) is 1.19. The van der Waals surface area contributed by atoms with Crippen LogP contribution in [0, 0.1) is 0 Å². The molecular weight excluding hydrogens is 218 g/mol. The average molecular weight is 235 g/mol. The Kier molecular flexibility index (Phi) is 4.66. The normalized spacial score (nSPS) is 11.7. The SMILES string of the molecule is CNC(C)C(=O)Nc1ccc(NC(C)=O)cc1. The molecule has 0 fully saturated rings. The van der Waals surface area contributed by atoms with Crippen LogP contribution in [0.15, 0.2) is 24.3 Å². The number of amides is 2. The van der Waals surface area contributed by atoms with Crippen LogP contribution in [0.25, 0.3) is 0 Å². The summed E-state index contributed by atoms with van der Waals surface area (Å²) in [7, 11) is 1.73. The summed E-state index contributed by atoms with van der Waals surface area (Å²) >= 11 is 0. The van der Waals surface area contributed by atoms with Crippen molar-refractivity contribution in [1.29, 1.82) is 0 Å². The van der Waals surface area contributed by atoms with Gasteiger partial charge in [-0.25, -0.2) is 0 Å². The Hall–Kier alpha value is -1.88. The molecule has 2 amide bonds. The molecule has 3 N–H and O–H groups in total. The van der Waals surface area contributed by atoms with Crippen molar-refractivity contribution in [3.63, 3.8) is 0 Å². The fourth-order valence-electron chi connectivity index (χ4n) is 1.22. The molecule has 5 heteroatoms. The summed E-state index contributed by atoms with van der Waals surface area (Å²) in [5.74, 6) is -0.217. The molecule has 1 aromatic rings. The smallest absolute Gasteiger partial charge is 0.241 e. The number of nitrogens with one attached hydrogen (secondary N) is 3. The van der Waals surface area contributed by atoms with E-state index in [0.717, 1.165) is 0 Å². The minimum Gasteiger partial charge on any atom is -0.326 e. The largest absolute Gasteiger partial charge is 0.326 e. The molecule has 92 valence electrons. The minimum absolute atomic E-state index is 0.0974. The second kappa shape index (κ2) is 6.00. The van der Waals surface area contributed by atoms with Crippen molar-refractivity contribution in [2.45, 2.75) is 19.9 Å². The zero-order valence-electron chi connectivity index (χ0n) is 10.2. The molecule has 17 heavy (non-hydrogen) atoms. The lowest BCUT2D eigenvalue weighted by atomic mass is 10.2. The van der Waals surface area contributed by atoms with Crippen molar-refractivity contribution >= 4 is 23.2 Å². The van der Waals surface area contributed by atoms with Crippen LogP contribution in [0.3, 0.4) is 0 Å². The molecular formula is C12H17N3O2. The number of benzene rings is 1. The van der Waals surface area contributed by atoms with Crippen molar-refractivity contribution in [2.24, 2.45) is 0 Å². The van der Waals surface area contributed by atoms with Gasteiger partial charge in [0.1, 0.15) is 0 Å². The monoisotopic (exact) mass is 235 g/mol. The van der Waals surface area contributed by atoms with Crippen molar-refractivity contribution in [1.82, 2.24) is 5.32 Å². The van der Waals surface area contributed by atoms with Crippen LogP contribution in [-0.2, 0) is 9.59 Å². The van der Waals surface area contributed by atoms with Gasteiger partial charge in [-0.2, -0.15) is 0 Å². The van der Waals surface area contributed by atoms with E-state index in [1.807, 2.05) is 0 Å². The van der Waals surface area contributed by atoms with Crippen LogP contribution in [0.5, 0.6) is 0 Å². The van der Waals surface area contributed by atoms with Crippen molar-refractivity contribution in [3.05, 3.63) is 24.3 Å². The van der Waals surface area contributed by atoms with E-state index < -0.39 is 0 Å². The molecule has 0 heterocycles. The second-order valence-corrected chi connectivity index (χ2v) is 3.76. The highest BCUT2D eigenvalue weighted by Gasteiger charge is 2.09. The molecule has 0 saturated heterocycles. The van der Waals surface area contributed by atoms with Crippen molar-refractivity contribution in [3.8, 4) is 0 Å². The van der Waals surface area contributed by atoms with E-state index in [0.29, 0.717) is 11.4 Å². The maximum Gasteiger partial charge on any atom is 0.241 e. The average Bonchev–Trinajstić information content (AvgIpc) is 2.30. The lowest BCUT2D eigenvalue weighted by Gasteiger charge is -2.11. The highest BCUT2D eigenvalue weighted by atomic mass is 16.2. The lowest BCUT2D eigenvalue weighted by molar-refractivity contribution is -0.117. The van der Waals surface area contributed by atoms with Crippen LogP contribution in [0.4, 0.5) is 11.4 Å². The zero-order valence-corrected chi connectivity index (χ0v) is 10.2. The zero-order chi connectivity index (χ0) is 12.8. The Labute approximate surface area is 101 Å². The maximum absolute atomic E-state index is 11.6. The van der Waals surface area contributed by atoms with Gasteiger partial charge in [0.2, 0.25) is 11.8 Å². The number of rotatable bonds is 4. The van der Waals surface area contributed by atoms with Gasteiger partial charge < -0.3 is 16.0 Å². The van der Waals surface area contributed by atoms with Crippen LogP contribution in [0.1, 0.15) is 13.8 Å². The first-order valence-electron chi connectivity index (χ1n) is 5.38. The van der Waals surface area contributed by atoms with Crippen LogP contribution < -0.4 is 16.0 Å². The highest BCUT2D eigenvalue weighted by Crippen LogP contribution is 2.13. The number of carbonyl (C=O) groups is 2. The van der Waals surface area contributed by atoms with Gasteiger partial charge in [0.05, 0.1) is 6.04 Å².